The number of carbonyl (C=O) groups is 1. The van der Waals surface area contributed by atoms with E-state index < -0.39 is 5.82 Å². The molecule has 1 N–H and O–H groups in total. The fourth-order valence-electron chi connectivity index (χ4n) is 2.54. The van der Waals surface area contributed by atoms with Crippen LogP contribution in [0.2, 0.25) is 0 Å². The fourth-order valence-corrected chi connectivity index (χ4v) is 3.30. The van der Waals surface area contributed by atoms with E-state index in [9.17, 15) is 9.18 Å². The van der Waals surface area contributed by atoms with Crippen LogP contribution < -0.4 is 5.32 Å². The number of anilines is 1. The number of aryl methyl sites for hydroxylation is 2. The van der Waals surface area contributed by atoms with Crippen LogP contribution in [0.4, 0.5) is 10.1 Å². The van der Waals surface area contributed by atoms with E-state index in [2.05, 4.69) is 23.5 Å². The van der Waals surface area contributed by atoms with Crippen molar-refractivity contribution in [1.29, 1.82) is 0 Å². The van der Waals surface area contributed by atoms with Gasteiger partial charge >= 0.3 is 0 Å². The predicted octanol–water partition coefficient (Wildman–Crippen LogP) is 4.05. The van der Waals surface area contributed by atoms with Crippen LogP contribution in [0.5, 0.6) is 0 Å². The molecule has 0 aromatic heterocycles. The van der Waals surface area contributed by atoms with Crippen molar-refractivity contribution in [3.05, 3.63) is 59.4 Å². The molecule has 0 unspecified atom stereocenters. The predicted molar refractivity (Wildman–Crippen MR) is 84.2 cm³/mol. The number of thioether (sulfide) groups is 1. The second-order valence-electron chi connectivity index (χ2n) is 5.10. The lowest BCUT2D eigenvalue weighted by molar-refractivity contribution is -0.113. The summed E-state index contributed by atoms with van der Waals surface area (Å²) < 4.78 is 13.4. The Morgan fingerprint density at radius 3 is 2.81 bits per heavy atom. The van der Waals surface area contributed by atoms with Crippen molar-refractivity contribution in [3.63, 3.8) is 0 Å². The second-order valence-corrected chi connectivity index (χ2v) is 6.15. The first-order valence-electron chi connectivity index (χ1n) is 7.01. The molecule has 1 aliphatic carbocycles. The Morgan fingerprint density at radius 2 is 1.95 bits per heavy atom. The molecule has 1 aliphatic rings. The summed E-state index contributed by atoms with van der Waals surface area (Å²) in [6, 6.07) is 12.6. The zero-order valence-corrected chi connectivity index (χ0v) is 12.4. The summed E-state index contributed by atoms with van der Waals surface area (Å²) in [4.78, 5) is 13.0. The average Bonchev–Trinajstić information content (AvgIpc) is 2.95. The third-order valence-corrected chi connectivity index (χ3v) is 4.58. The number of benzene rings is 2. The number of hydrogen-bond donors (Lipinski definition) is 1. The highest BCUT2D eigenvalue weighted by atomic mass is 32.2. The van der Waals surface area contributed by atoms with E-state index >= 15 is 0 Å². The van der Waals surface area contributed by atoms with E-state index in [0.717, 1.165) is 17.7 Å². The zero-order chi connectivity index (χ0) is 14.7. The Bertz CT molecular complexity index is 672. The summed E-state index contributed by atoms with van der Waals surface area (Å²) in [6.07, 6.45) is 3.51. The molecule has 0 spiro atoms. The van der Waals surface area contributed by atoms with Crippen LogP contribution in [0, 0.1) is 5.82 Å². The molecular weight excluding hydrogens is 285 g/mol. The van der Waals surface area contributed by atoms with E-state index in [0.29, 0.717) is 0 Å². The Morgan fingerprint density at radius 1 is 1.14 bits per heavy atom. The molecule has 3 rings (SSSR count). The van der Waals surface area contributed by atoms with Gasteiger partial charge in [0.2, 0.25) is 5.91 Å². The third-order valence-electron chi connectivity index (χ3n) is 3.59. The molecule has 0 heterocycles. The molecule has 0 fully saturated rings. The van der Waals surface area contributed by atoms with Gasteiger partial charge in [0.15, 0.2) is 0 Å². The summed E-state index contributed by atoms with van der Waals surface area (Å²) in [5, 5.41) is 2.60. The lowest BCUT2D eigenvalue weighted by Gasteiger charge is -2.07. The molecule has 0 radical (unpaired) electrons. The second kappa shape index (κ2) is 6.31. The molecule has 21 heavy (non-hydrogen) atoms. The van der Waals surface area contributed by atoms with E-state index in [-0.39, 0.29) is 17.3 Å². The highest BCUT2D eigenvalue weighted by Crippen LogP contribution is 2.27. The van der Waals surface area contributed by atoms with Crippen LogP contribution in [-0.4, -0.2) is 11.7 Å². The summed E-state index contributed by atoms with van der Waals surface area (Å²) >= 11 is 1.49. The standard InChI is InChI=1S/C17H16FNOS/c18-15-6-1-2-7-16(15)19-17(20)11-21-14-9-8-12-4-3-5-13(12)10-14/h1-2,6-10H,3-5,11H2,(H,19,20). The minimum absolute atomic E-state index is 0.189. The molecule has 108 valence electrons. The Kier molecular flexibility index (Phi) is 4.25. The average molecular weight is 301 g/mol. The molecule has 0 aliphatic heterocycles. The van der Waals surface area contributed by atoms with Gasteiger partial charge in [-0.15, -0.1) is 11.8 Å². The minimum Gasteiger partial charge on any atom is -0.323 e. The van der Waals surface area contributed by atoms with Gasteiger partial charge in [-0.05, 0) is 54.7 Å². The topological polar surface area (TPSA) is 29.1 Å². The van der Waals surface area contributed by atoms with E-state index in [1.54, 1.807) is 18.2 Å². The molecule has 0 saturated heterocycles. The molecule has 2 aromatic carbocycles. The quantitative estimate of drug-likeness (QED) is 0.863. The molecule has 2 aromatic rings. The van der Waals surface area contributed by atoms with Crippen LogP contribution in [0.3, 0.4) is 0 Å². The Balaban J connectivity index is 1.58. The van der Waals surface area contributed by atoms with Crippen molar-refractivity contribution in [3.8, 4) is 0 Å². The van der Waals surface area contributed by atoms with Gasteiger partial charge in [0.25, 0.3) is 0 Å². The maximum absolute atomic E-state index is 13.4. The fraction of sp³-hybridized carbons (Fsp3) is 0.235. The Labute approximate surface area is 127 Å². The van der Waals surface area contributed by atoms with Gasteiger partial charge in [-0.1, -0.05) is 18.2 Å². The first-order chi connectivity index (χ1) is 10.2. The van der Waals surface area contributed by atoms with E-state index in [1.807, 2.05) is 0 Å². The van der Waals surface area contributed by atoms with Gasteiger partial charge in [0, 0.05) is 4.90 Å². The van der Waals surface area contributed by atoms with Crippen LogP contribution in [0.15, 0.2) is 47.4 Å². The first kappa shape index (κ1) is 14.1. The van der Waals surface area contributed by atoms with Crippen molar-refractivity contribution in [1.82, 2.24) is 0 Å². The molecule has 4 heteroatoms. The van der Waals surface area contributed by atoms with Gasteiger partial charge in [-0.3, -0.25) is 4.79 Å². The summed E-state index contributed by atoms with van der Waals surface area (Å²) in [5.74, 6) is -0.313. The minimum atomic E-state index is -0.409. The number of nitrogens with one attached hydrogen (secondary N) is 1. The summed E-state index contributed by atoms with van der Waals surface area (Å²) in [5.41, 5.74) is 3.06. The SMILES string of the molecule is O=C(CSc1ccc2c(c1)CCC2)Nc1ccccc1F. The molecular formula is C17H16FNOS. The monoisotopic (exact) mass is 301 g/mol. The number of para-hydroxylation sites is 1. The zero-order valence-electron chi connectivity index (χ0n) is 11.6. The summed E-state index contributed by atoms with van der Waals surface area (Å²) in [6.45, 7) is 0. The summed E-state index contributed by atoms with van der Waals surface area (Å²) in [7, 11) is 0. The van der Waals surface area contributed by atoms with E-state index in [4.69, 9.17) is 0 Å². The Hall–Kier alpha value is -1.81. The number of carbonyl (C=O) groups excluding carboxylic acids is 1. The van der Waals surface area contributed by atoms with Crippen molar-refractivity contribution < 1.29 is 9.18 Å². The maximum Gasteiger partial charge on any atom is 0.234 e. The van der Waals surface area contributed by atoms with Crippen LogP contribution in [0.25, 0.3) is 0 Å². The lowest BCUT2D eigenvalue weighted by atomic mass is 10.1. The highest BCUT2D eigenvalue weighted by molar-refractivity contribution is 8.00. The van der Waals surface area contributed by atoms with Crippen LogP contribution in [-0.2, 0) is 17.6 Å². The normalized spacial score (nSPS) is 13.0. The van der Waals surface area contributed by atoms with Gasteiger partial charge < -0.3 is 5.32 Å². The van der Waals surface area contributed by atoms with Gasteiger partial charge in [0.1, 0.15) is 5.82 Å². The first-order valence-corrected chi connectivity index (χ1v) is 8.00. The third kappa shape index (κ3) is 3.45. The lowest BCUT2D eigenvalue weighted by Crippen LogP contribution is -2.14. The van der Waals surface area contributed by atoms with Crippen LogP contribution in [0.1, 0.15) is 17.5 Å². The van der Waals surface area contributed by atoms with Gasteiger partial charge in [-0.2, -0.15) is 0 Å². The largest absolute Gasteiger partial charge is 0.323 e. The van der Waals surface area contributed by atoms with Gasteiger partial charge in [0.05, 0.1) is 11.4 Å². The molecule has 0 saturated carbocycles. The molecule has 2 nitrogen and oxygen atoms in total. The van der Waals surface area contributed by atoms with Crippen LogP contribution >= 0.6 is 11.8 Å². The van der Waals surface area contributed by atoms with Crippen molar-refractivity contribution in [2.24, 2.45) is 0 Å². The van der Waals surface area contributed by atoms with Crippen molar-refractivity contribution in [2.45, 2.75) is 24.2 Å². The number of amides is 1. The van der Waals surface area contributed by atoms with Crippen molar-refractivity contribution in [2.75, 3.05) is 11.1 Å². The molecule has 0 atom stereocenters. The van der Waals surface area contributed by atoms with E-state index in [1.165, 1.54) is 35.4 Å². The number of halogens is 1. The highest BCUT2D eigenvalue weighted by Gasteiger charge is 2.12. The number of fused-ring (bicyclic) bond motifs is 1. The number of hydrogen-bond acceptors (Lipinski definition) is 2. The van der Waals surface area contributed by atoms with Crippen molar-refractivity contribution >= 4 is 23.4 Å². The maximum atomic E-state index is 13.4. The van der Waals surface area contributed by atoms with Gasteiger partial charge in [-0.25, -0.2) is 4.39 Å². The smallest absolute Gasteiger partial charge is 0.234 e. The molecule has 1 amide bonds. The molecule has 0 bridgehead atoms. The number of rotatable bonds is 4.